The molecule has 0 unspecified atom stereocenters. The molecule has 0 saturated carbocycles. The van der Waals surface area contributed by atoms with E-state index in [9.17, 15) is 0 Å². The molecule has 0 N–H and O–H groups in total. The lowest BCUT2D eigenvalue weighted by Gasteiger charge is -2.35. The van der Waals surface area contributed by atoms with Crippen LogP contribution < -0.4 is 0 Å². The summed E-state index contributed by atoms with van der Waals surface area (Å²) >= 11 is 6.51. The number of rotatable bonds is 4. The summed E-state index contributed by atoms with van der Waals surface area (Å²) in [5.74, 6) is 0.430. The third-order valence-corrected chi connectivity index (χ3v) is 5.01. The molecule has 2 aliphatic rings. The molecule has 0 amide bonds. The van der Waals surface area contributed by atoms with Crippen molar-refractivity contribution in [1.29, 1.82) is 0 Å². The van der Waals surface area contributed by atoms with E-state index in [4.69, 9.17) is 21.1 Å². The van der Waals surface area contributed by atoms with Crippen LogP contribution in [0.15, 0.2) is 11.6 Å². The lowest BCUT2D eigenvalue weighted by Crippen LogP contribution is -2.45. The van der Waals surface area contributed by atoms with Crippen molar-refractivity contribution in [3.8, 4) is 0 Å². The van der Waals surface area contributed by atoms with Gasteiger partial charge in [0.1, 0.15) is 0 Å². The third kappa shape index (κ3) is 2.23. The quantitative estimate of drug-likeness (QED) is 0.570. The minimum atomic E-state index is -0.202. The largest absolute Gasteiger partial charge is 0.371 e. The van der Waals surface area contributed by atoms with Gasteiger partial charge in [0.2, 0.25) is 0 Å². The summed E-state index contributed by atoms with van der Waals surface area (Å²) < 4.78 is 12.3. The summed E-state index contributed by atoms with van der Waals surface area (Å²) in [5.41, 5.74) is 0.899. The van der Waals surface area contributed by atoms with Crippen molar-refractivity contribution >= 4 is 11.6 Å². The van der Waals surface area contributed by atoms with Gasteiger partial charge in [-0.15, -0.1) is 11.6 Å². The standard InChI is InChI=1S/C15H25ClO2/c1-10(2)6-7-17-13-9-15(11(3)4)12(16)8-14(13,5)18-15/h6,11-13H,7-9H2,1-5H3/t12-,13+,14-,15+/m0/s1. The van der Waals surface area contributed by atoms with Crippen LogP contribution in [0, 0.1) is 5.92 Å². The first-order chi connectivity index (χ1) is 8.30. The van der Waals surface area contributed by atoms with Crippen molar-refractivity contribution in [2.75, 3.05) is 6.61 Å². The number of ether oxygens (including phenoxy) is 2. The molecule has 2 fully saturated rings. The predicted octanol–water partition coefficient (Wildman–Crippen LogP) is 3.92. The van der Waals surface area contributed by atoms with Crippen LogP contribution >= 0.6 is 11.6 Å². The zero-order valence-electron chi connectivity index (χ0n) is 12.1. The SMILES string of the molecule is CC(C)=CCO[C@@H]1C[C@]2(C(C)C)O[C@@]1(C)C[C@@H]2Cl. The van der Waals surface area contributed by atoms with E-state index in [0.29, 0.717) is 12.5 Å². The smallest absolute Gasteiger partial charge is 0.0939 e. The first-order valence-electron chi connectivity index (χ1n) is 6.89. The summed E-state index contributed by atoms with van der Waals surface area (Å²) in [6.45, 7) is 11.4. The van der Waals surface area contributed by atoms with Gasteiger partial charge in [0.25, 0.3) is 0 Å². The molecule has 3 heteroatoms. The van der Waals surface area contributed by atoms with E-state index >= 15 is 0 Å². The molecule has 18 heavy (non-hydrogen) atoms. The van der Waals surface area contributed by atoms with Crippen LogP contribution in [0.1, 0.15) is 47.5 Å². The molecule has 0 aromatic rings. The van der Waals surface area contributed by atoms with E-state index < -0.39 is 0 Å². The van der Waals surface area contributed by atoms with Gasteiger partial charge in [0.05, 0.1) is 29.3 Å². The maximum atomic E-state index is 6.51. The Bertz CT molecular complexity index is 348. The number of fused-ring (bicyclic) bond motifs is 2. The van der Waals surface area contributed by atoms with Crippen molar-refractivity contribution < 1.29 is 9.47 Å². The Hall–Kier alpha value is -0.0500. The van der Waals surface area contributed by atoms with Crippen molar-refractivity contribution in [1.82, 2.24) is 0 Å². The highest BCUT2D eigenvalue weighted by molar-refractivity contribution is 6.21. The fourth-order valence-corrected chi connectivity index (χ4v) is 3.91. The summed E-state index contributed by atoms with van der Waals surface area (Å²) in [7, 11) is 0. The van der Waals surface area contributed by atoms with Gasteiger partial charge in [-0.25, -0.2) is 0 Å². The van der Waals surface area contributed by atoms with Crippen LogP contribution in [0.3, 0.4) is 0 Å². The fraction of sp³-hybridized carbons (Fsp3) is 0.867. The van der Waals surface area contributed by atoms with Crippen LogP contribution in [-0.2, 0) is 9.47 Å². The Morgan fingerprint density at radius 2 is 2.11 bits per heavy atom. The first kappa shape index (κ1) is 14.4. The third-order valence-electron chi connectivity index (χ3n) is 4.49. The Morgan fingerprint density at radius 3 is 2.61 bits per heavy atom. The summed E-state index contributed by atoms with van der Waals surface area (Å²) in [5, 5.41) is 0.116. The maximum absolute atomic E-state index is 6.51. The molecule has 2 heterocycles. The predicted molar refractivity (Wildman–Crippen MR) is 75.1 cm³/mol. The van der Waals surface area contributed by atoms with E-state index in [1.807, 2.05) is 0 Å². The van der Waals surface area contributed by atoms with Gasteiger partial charge in [-0.05, 0) is 33.1 Å². The summed E-state index contributed by atoms with van der Waals surface area (Å²) in [6, 6.07) is 0. The summed E-state index contributed by atoms with van der Waals surface area (Å²) in [4.78, 5) is 0. The lowest BCUT2D eigenvalue weighted by atomic mass is 9.75. The maximum Gasteiger partial charge on any atom is 0.0939 e. The molecular formula is C15H25ClO2. The molecule has 104 valence electrons. The Morgan fingerprint density at radius 1 is 1.44 bits per heavy atom. The van der Waals surface area contributed by atoms with Crippen LogP contribution in [0.25, 0.3) is 0 Å². The number of hydrogen-bond donors (Lipinski definition) is 0. The van der Waals surface area contributed by atoms with E-state index in [0.717, 1.165) is 12.8 Å². The normalized spacial score (nSPS) is 42.6. The van der Waals surface area contributed by atoms with Gasteiger partial charge in [-0.1, -0.05) is 25.5 Å². The average molecular weight is 273 g/mol. The molecule has 0 aromatic carbocycles. The van der Waals surface area contributed by atoms with Crippen molar-refractivity contribution in [2.45, 2.75) is 70.1 Å². The minimum absolute atomic E-state index is 0.116. The second-order valence-corrected chi connectivity index (χ2v) is 7.03. The molecule has 2 saturated heterocycles. The van der Waals surface area contributed by atoms with E-state index in [1.165, 1.54) is 5.57 Å². The molecular weight excluding hydrogens is 248 g/mol. The Labute approximate surface area is 116 Å². The number of allylic oxidation sites excluding steroid dienone is 1. The molecule has 0 radical (unpaired) electrons. The molecule has 0 aromatic heterocycles. The van der Waals surface area contributed by atoms with Gasteiger partial charge >= 0.3 is 0 Å². The molecule has 2 rings (SSSR count). The topological polar surface area (TPSA) is 18.5 Å². The molecule has 4 atom stereocenters. The highest BCUT2D eigenvalue weighted by atomic mass is 35.5. The van der Waals surface area contributed by atoms with E-state index in [1.54, 1.807) is 0 Å². The van der Waals surface area contributed by atoms with E-state index in [-0.39, 0.29) is 22.7 Å². The lowest BCUT2D eigenvalue weighted by molar-refractivity contribution is -0.0895. The van der Waals surface area contributed by atoms with Crippen LogP contribution in [-0.4, -0.2) is 29.3 Å². The summed E-state index contributed by atoms with van der Waals surface area (Å²) in [6.07, 6.45) is 4.11. The number of halogens is 1. The second-order valence-electron chi connectivity index (χ2n) is 6.50. The monoisotopic (exact) mass is 272 g/mol. The van der Waals surface area contributed by atoms with E-state index in [2.05, 4.69) is 40.7 Å². The zero-order valence-corrected chi connectivity index (χ0v) is 12.9. The molecule has 2 nitrogen and oxygen atoms in total. The molecule has 0 aliphatic carbocycles. The Balaban J connectivity index is 2.07. The van der Waals surface area contributed by atoms with Crippen molar-refractivity contribution in [3.63, 3.8) is 0 Å². The van der Waals surface area contributed by atoms with Crippen molar-refractivity contribution in [3.05, 3.63) is 11.6 Å². The zero-order chi connectivity index (χ0) is 13.6. The minimum Gasteiger partial charge on any atom is -0.371 e. The highest BCUT2D eigenvalue weighted by Crippen LogP contribution is 2.56. The van der Waals surface area contributed by atoms with Gasteiger partial charge in [-0.2, -0.15) is 0 Å². The van der Waals surface area contributed by atoms with Crippen LogP contribution in [0.2, 0.25) is 0 Å². The first-order valence-corrected chi connectivity index (χ1v) is 7.33. The van der Waals surface area contributed by atoms with Gasteiger partial charge in [0.15, 0.2) is 0 Å². The van der Waals surface area contributed by atoms with Crippen LogP contribution in [0.5, 0.6) is 0 Å². The second kappa shape index (κ2) is 4.81. The number of alkyl halides is 1. The molecule has 2 aliphatic heterocycles. The molecule has 2 bridgehead atoms. The highest BCUT2D eigenvalue weighted by Gasteiger charge is 2.65. The van der Waals surface area contributed by atoms with Gasteiger partial charge in [0, 0.05) is 6.42 Å². The van der Waals surface area contributed by atoms with Gasteiger partial charge in [-0.3, -0.25) is 0 Å². The van der Waals surface area contributed by atoms with Crippen molar-refractivity contribution in [2.24, 2.45) is 5.92 Å². The van der Waals surface area contributed by atoms with Gasteiger partial charge < -0.3 is 9.47 Å². The number of hydrogen-bond acceptors (Lipinski definition) is 2. The fourth-order valence-electron chi connectivity index (χ4n) is 3.22. The van der Waals surface area contributed by atoms with Crippen LogP contribution in [0.4, 0.5) is 0 Å². The molecule has 0 spiro atoms. The average Bonchev–Trinajstić information content (AvgIpc) is 2.66. The Kier molecular flexibility index (Phi) is 3.84.